The molecular formula is C20H20N4. The highest BCUT2D eigenvalue weighted by Gasteiger charge is 2.11. The highest BCUT2D eigenvalue weighted by Crippen LogP contribution is 2.27. The molecule has 0 radical (unpaired) electrons. The van der Waals surface area contributed by atoms with Crippen LogP contribution in [0.25, 0.3) is 21.9 Å². The summed E-state index contributed by atoms with van der Waals surface area (Å²) >= 11 is 0. The number of aromatic nitrogens is 3. The lowest BCUT2D eigenvalue weighted by Crippen LogP contribution is -1.99. The van der Waals surface area contributed by atoms with Crippen molar-refractivity contribution in [1.29, 1.82) is 0 Å². The van der Waals surface area contributed by atoms with Gasteiger partial charge in [0.1, 0.15) is 5.52 Å². The Labute approximate surface area is 141 Å². The normalized spacial score (nSPS) is 11.3. The molecule has 0 aliphatic rings. The summed E-state index contributed by atoms with van der Waals surface area (Å²) < 4.78 is 2.21. The molecule has 2 aromatic carbocycles. The van der Waals surface area contributed by atoms with Gasteiger partial charge in [0, 0.05) is 11.9 Å². The van der Waals surface area contributed by atoms with Crippen LogP contribution in [0.1, 0.15) is 18.4 Å². The highest BCUT2D eigenvalue weighted by molar-refractivity contribution is 6.06. The van der Waals surface area contributed by atoms with Gasteiger partial charge >= 0.3 is 0 Å². The van der Waals surface area contributed by atoms with Crippen LogP contribution in [0, 0.1) is 0 Å². The fourth-order valence-corrected chi connectivity index (χ4v) is 3.23. The average Bonchev–Trinajstić information content (AvgIpc) is 3.05. The number of aryl methyl sites for hydroxylation is 2. The van der Waals surface area contributed by atoms with Crippen LogP contribution in [0.3, 0.4) is 0 Å². The van der Waals surface area contributed by atoms with E-state index in [-0.39, 0.29) is 0 Å². The van der Waals surface area contributed by atoms with Crippen molar-refractivity contribution in [3.63, 3.8) is 0 Å². The minimum Gasteiger partial charge on any atom is -0.382 e. The largest absolute Gasteiger partial charge is 0.382 e. The molecule has 0 unspecified atom stereocenters. The summed E-state index contributed by atoms with van der Waals surface area (Å²) in [6.45, 7) is 0.941. The lowest BCUT2D eigenvalue weighted by Gasteiger charge is -2.08. The van der Waals surface area contributed by atoms with E-state index in [1.807, 2.05) is 24.5 Å². The molecule has 0 amide bonds. The molecule has 0 saturated carbocycles. The third-order valence-corrected chi connectivity index (χ3v) is 4.44. The molecule has 0 atom stereocenters. The van der Waals surface area contributed by atoms with E-state index in [4.69, 9.17) is 5.73 Å². The first-order valence-electron chi connectivity index (χ1n) is 8.36. The molecule has 0 fully saturated rings. The molecule has 4 heteroatoms. The third kappa shape index (κ3) is 2.71. The summed E-state index contributed by atoms with van der Waals surface area (Å²) in [6.07, 6.45) is 5.26. The number of anilines is 1. The van der Waals surface area contributed by atoms with Gasteiger partial charge in [-0.2, -0.15) is 0 Å². The van der Waals surface area contributed by atoms with Crippen molar-refractivity contribution in [2.24, 2.45) is 0 Å². The van der Waals surface area contributed by atoms with Crippen molar-refractivity contribution < 1.29 is 0 Å². The predicted octanol–water partition coefficient (Wildman–Crippen LogP) is 4.19. The van der Waals surface area contributed by atoms with Crippen molar-refractivity contribution in [1.82, 2.24) is 14.5 Å². The topological polar surface area (TPSA) is 56.7 Å². The van der Waals surface area contributed by atoms with Crippen molar-refractivity contribution in [3.05, 3.63) is 66.5 Å². The van der Waals surface area contributed by atoms with Gasteiger partial charge in [0.15, 0.2) is 5.82 Å². The van der Waals surface area contributed by atoms with Crippen LogP contribution in [0.4, 0.5) is 5.82 Å². The number of benzene rings is 2. The number of hydrogen-bond donors (Lipinski definition) is 1. The summed E-state index contributed by atoms with van der Waals surface area (Å²) in [5, 5.41) is 1.11. The van der Waals surface area contributed by atoms with Crippen molar-refractivity contribution >= 4 is 27.8 Å². The molecule has 4 nitrogen and oxygen atoms in total. The Balaban J connectivity index is 1.56. The van der Waals surface area contributed by atoms with Crippen LogP contribution < -0.4 is 5.73 Å². The van der Waals surface area contributed by atoms with E-state index >= 15 is 0 Å². The molecule has 0 spiro atoms. The fraction of sp³-hybridized carbons (Fsp3) is 0.200. The van der Waals surface area contributed by atoms with E-state index in [1.54, 1.807) is 0 Å². The molecule has 4 aromatic rings. The van der Waals surface area contributed by atoms with Crippen molar-refractivity contribution in [2.45, 2.75) is 25.8 Å². The Morgan fingerprint density at radius 2 is 1.71 bits per heavy atom. The molecule has 24 heavy (non-hydrogen) atoms. The van der Waals surface area contributed by atoms with Gasteiger partial charge < -0.3 is 10.3 Å². The van der Waals surface area contributed by atoms with Gasteiger partial charge in [-0.25, -0.2) is 9.97 Å². The fourth-order valence-electron chi connectivity index (χ4n) is 3.23. The molecule has 120 valence electrons. The second-order valence-corrected chi connectivity index (χ2v) is 6.09. The Kier molecular flexibility index (Phi) is 3.87. The summed E-state index contributed by atoms with van der Waals surface area (Å²) in [5.41, 5.74) is 10.3. The van der Waals surface area contributed by atoms with Gasteiger partial charge in [0.25, 0.3) is 0 Å². The van der Waals surface area contributed by atoms with Gasteiger partial charge in [-0.15, -0.1) is 0 Å². The second kappa shape index (κ2) is 6.32. The number of unbranched alkanes of at least 4 members (excludes halogenated alkanes) is 1. The first-order valence-corrected chi connectivity index (χ1v) is 8.36. The Bertz CT molecular complexity index is 973. The monoisotopic (exact) mass is 316 g/mol. The number of para-hydroxylation sites is 1. The van der Waals surface area contributed by atoms with E-state index in [9.17, 15) is 0 Å². The van der Waals surface area contributed by atoms with Crippen molar-refractivity contribution in [2.75, 3.05) is 5.73 Å². The summed E-state index contributed by atoms with van der Waals surface area (Å²) in [6, 6.07) is 18.7. The molecule has 0 aliphatic carbocycles. The number of pyridine rings is 1. The number of hydrogen-bond acceptors (Lipinski definition) is 3. The number of nitrogens with zero attached hydrogens (tertiary/aromatic N) is 3. The minimum atomic E-state index is 0.506. The van der Waals surface area contributed by atoms with E-state index in [2.05, 4.69) is 50.9 Å². The molecular weight excluding hydrogens is 296 g/mol. The van der Waals surface area contributed by atoms with Crippen LogP contribution in [0.5, 0.6) is 0 Å². The van der Waals surface area contributed by atoms with Gasteiger partial charge in [-0.3, -0.25) is 0 Å². The van der Waals surface area contributed by atoms with Gasteiger partial charge in [-0.1, -0.05) is 48.5 Å². The Hall–Kier alpha value is -2.88. The van der Waals surface area contributed by atoms with Crippen LogP contribution in [-0.2, 0) is 13.0 Å². The zero-order valence-corrected chi connectivity index (χ0v) is 13.5. The second-order valence-electron chi connectivity index (χ2n) is 6.09. The lowest BCUT2D eigenvalue weighted by atomic mass is 10.1. The van der Waals surface area contributed by atoms with Crippen LogP contribution >= 0.6 is 0 Å². The molecule has 0 bridgehead atoms. The molecule has 0 saturated heterocycles. The van der Waals surface area contributed by atoms with E-state index in [0.717, 1.165) is 47.7 Å². The number of nitrogen functional groups attached to an aromatic ring is 1. The van der Waals surface area contributed by atoms with E-state index in [0.29, 0.717) is 5.82 Å². The average molecular weight is 316 g/mol. The highest BCUT2D eigenvalue weighted by atomic mass is 15.1. The smallest absolute Gasteiger partial charge is 0.152 e. The van der Waals surface area contributed by atoms with E-state index < -0.39 is 0 Å². The maximum Gasteiger partial charge on any atom is 0.152 e. The number of imidazole rings is 1. The standard InChI is InChI=1S/C20H20N4/c21-20-18-19(16-11-4-5-12-17(16)23-20)24(14-22-18)13-7-6-10-15-8-2-1-3-9-15/h1-5,8-9,11-12,14H,6-7,10,13H2,(H2,21,23). The molecule has 2 aromatic heterocycles. The number of rotatable bonds is 5. The van der Waals surface area contributed by atoms with Crippen LogP contribution in [0.2, 0.25) is 0 Å². The number of fused-ring (bicyclic) bond motifs is 3. The first-order chi connectivity index (χ1) is 11.8. The Morgan fingerprint density at radius 1 is 0.917 bits per heavy atom. The lowest BCUT2D eigenvalue weighted by molar-refractivity contribution is 0.621. The predicted molar refractivity (Wildman–Crippen MR) is 98.8 cm³/mol. The molecule has 4 rings (SSSR count). The quantitative estimate of drug-likeness (QED) is 0.562. The van der Waals surface area contributed by atoms with Crippen molar-refractivity contribution in [3.8, 4) is 0 Å². The van der Waals surface area contributed by atoms with Gasteiger partial charge in [0.05, 0.1) is 17.4 Å². The molecule has 2 heterocycles. The first kappa shape index (κ1) is 14.7. The maximum absolute atomic E-state index is 6.08. The summed E-state index contributed by atoms with van der Waals surface area (Å²) in [4.78, 5) is 8.94. The number of nitrogens with two attached hydrogens (primary N) is 1. The zero-order chi connectivity index (χ0) is 16.4. The summed E-state index contributed by atoms with van der Waals surface area (Å²) in [5.74, 6) is 0.506. The zero-order valence-electron chi connectivity index (χ0n) is 13.5. The minimum absolute atomic E-state index is 0.506. The molecule has 0 aliphatic heterocycles. The summed E-state index contributed by atoms with van der Waals surface area (Å²) in [7, 11) is 0. The van der Waals surface area contributed by atoms with Crippen LogP contribution in [-0.4, -0.2) is 14.5 Å². The third-order valence-electron chi connectivity index (χ3n) is 4.44. The van der Waals surface area contributed by atoms with E-state index in [1.165, 1.54) is 5.56 Å². The Morgan fingerprint density at radius 3 is 2.58 bits per heavy atom. The molecule has 2 N–H and O–H groups in total. The van der Waals surface area contributed by atoms with Crippen LogP contribution in [0.15, 0.2) is 60.9 Å². The van der Waals surface area contributed by atoms with Gasteiger partial charge in [0.2, 0.25) is 0 Å². The van der Waals surface area contributed by atoms with Gasteiger partial charge in [-0.05, 0) is 30.9 Å². The SMILES string of the molecule is Nc1nc2ccccc2c2c1ncn2CCCCc1ccccc1. The maximum atomic E-state index is 6.08.